The molecule has 1 N–H and O–H groups in total. The molecule has 0 unspecified atom stereocenters. The Labute approximate surface area is 113 Å². The normalized spacial score (nSPS) is 10.4. The number of aromatic nitrogens is 2. The first kappa shape index (κ1) is 13.3. The SMILES string of the molecule is CCC(=O)NCCCn1ccnc1-c1ccccc1. The van der Waals surface area contributed by atoms with Gasteiger partial charge in [0, 0.05) is 37.5 Å². The zero-order valence-corrected chi connectivity index (χ0v) is 11.2. The number of hydrogen-bond acceptors (Lipinski definition) is 2. The van der Waals surface area contributed by atoms with Crippen LogP contribution in [0, 0.1) is 0 Å². The lowest BCUT2D eigenvalue weighted by molar-refractivity contribution is -0.120. The summed E-state index contributed by atoms with van der Waals surface area (Å²) in [7, 11) is 0. The molecule has 0 spiro atoms. The number of amides is 1. The molecule has 1 amide bonds. The summed E-state index contributed by atoms with van der Waals surface area (Å²) in [5.41, 5.74) is 1.12. The fraction of sp³-hybridized carbons (Fsp3) is 0.333. The van der Waals surface area contributed by atoms with Crippen LogP contribution in [-0.4, -0.2) is 22.0 Å². The predicted octanol–water partition coefficient (Wildman–Crippen LogP) is 2.47. The molecule has 0 aliphatic heterocycles. The maximum atomic E-state index is 11.1. The van der Waals surface area contributed by atoms with Gasteiger partial charge in [-0.25, -0.2) is 4.98 Å². The Morgan fingerprint density at radius 3 is 2.84 bits per heavy atom. The number of carbonyl (C=O) groups is 1. The van der Waals surface area contributed by atoms with Gasteiger partial charge in [-0.1, -0.05) is 37.3 Å². The van der Waals surface area contributed by atoms with E-state index in [4.69, 9.17) is 0 Å². The lowest BCUT2D eigenvalue weighted by atomic mass is 10.2. The first-order chi connectivity index (χ1) is 9.31. The van der Waals surface area contributed by atoms with Crippen LogP contribution in [0.15, 0.2) is 42.7 Å². The molecule has 4 heteroatoms. The Morgan fingerprint density at radius 2 is 2.11 bits per heavy atom. The molecule has 1 heterocycles. The van der Waals surface area contributed by atoms with Crippen molar-refractivity contribution < 1.29 is 4.79 Å². The molecule has 1 aromatic heterocycles. The molecular weight excluding hydrogens is 238 g/mol. The van der Waals surface area contributed by atoms with Crippen LogP contribution >= 0.6 is 0 Å². The van der Waals surface area contributed by atoms with Crippen LogP contribution in [0.3, 0.4) is 0 Å². The fourth-order valence-electron chi connectivity index (χ4n) is 1.94. The van der Waals surface area contributed by atoms with Crippen LogP contribution in [0.2, 0.25) is 0 Å². The van der Waals surface area contributed by atoms with E-state index < -0.39 is 0 Å². The number of nitrogens with zero attached hydrogens (tertiary/aromatic N) is 2. The molecule has 1 aromatic carbocycles. The van der Waals surface area contributed by atoms with Crippen LogP contribution in [0.5, 0.6) is 0 Å². The molecule has 0 fully saturated rings. The van der Waals surface area contributed by atoms with Gasteiger partial charge in [0.05, 0.1) is 0 Å². The molecule has 0 aliphatic carbocycles. The average Bonchev–Trinajstić information content (AvgIpc) is 2.92. The minimum absolute atomic E-state index is 0.105. The zero-order valence-electron chi connectivity index (χ0n) is 11.2. The second-order valence-corrected chi connectivity index (χ2v) is 4.37. The van der Waals surface area contributed by atoms with Gasteiger partial charge < -0.3 is 9.88 Å². The fourth-order valence-corrected chi connectivity index (χ4v) is 1.94. The molecule has 0 aliphatic rings. The zero-order chi connectivity index (χ0) is 13.5. The van der Waals surface area contributed by atoms with Gasteiger partial charge in [-0.05, 0) is 6.42 Å². The summed E-state index contributed by atoms with van der Waals surface area (Å²) in [6, 6.07) is 10.1. The second-order valence-electron chi connectivity index (χ2n) is 4.37. The van der Waals surface area contributed by atoms with Crippen molar-refractivity contribution in [3.05, 3.63) is 42.7 Å². The standard InChI is InChI=1S/C15H19N3O/c1-2-14(19)16-9-6-11-18-12-10-17-15(18)13-7-4-3-5-8-13/h3-5,7-8,10,12H,2,6,9,11H2,1H3,(H,16,19). The van der Waals surface area contributed by atoms with Crippen molar-refractivity contribution in [1.29, 1.82) is 0 Å². The van der Waals surface area contributed by atoms with Crippen molar-refractivity contribution in [2.75, 3.05) is 6.54 Å². The number of carbonyl (C=O) groups excluding carboxylic acids is 1. The van der Waals surface area contributed by atoms with E-state index in [0.717, 1.165) is 24.4 Å². The van der Waals surface area contributed by atoms with Gasteiger partial charge in [-0.3, -0.25) is 4.79 Å². The summed E-state index contributed by atoms with van der Waals surface area (Å²) in [4.78, 5) is 15.5. The van der Waals surface area contributed by atoms with Crippen molar-refractivity contribution >= 4 is 5.91 Å². The highest BCUT2D eigenvalue weighted by Gasteiger charge is 2.04. The highest BCUT2D eigenvalue weighted by molar-refractivity contribution is 5.75. The Kier molecular flexibility index (Phi) is 4.72. The van der Waals surface area contributed by atoms with Crippen LogP contribution in [0.4, 0.5) is 0 Å². The van der Waals surface area contributed by atoms with E-state index >= 15 is 0 Å². The van der Waals surface area contributed by atoms with Crippen molar-refractivity contribution in [3.8, 4) is 11.4 Å². The number of rotatable bonds is 6. The molecule has 0 saturated carbocycles. The highest BCUT2D eigenvalue weighted by atomic mass is 16.1. The molecule has 2 aromatic rings. The third-order valence-corrected chi connectivity index (χ3v) is 2.97. The molecule has 2 rings (SSSR count). The molecule has 0 radical (unpaired) electrons. The number of aryl methyl sites for hydroxylation is 1. The third-order valence-electron chi connectivity index (χ3n) is 2.97. The monoisotopic (exact) mass is 257 g/mol. The lowest BCUT2D eigenvalue weighted by Gasteiger charge is -2.08. The van der Waals surface area contributed by atoms with Gasteiger partial charge in [0.25, 0.3) is 0 Å². The summed E-state index contributed by atoms with van der Waals surface area (Å²) in [6.07, 6.45) is 5.24. The number of hydrogen-bond donors (Lipinski definition) is 1. The van der Waals surface area contributed by atoms with Crippen LogP contribution < -0.4 is 5.32 Å². The van der Waals surface area contributed by atoms with Crippen molar-refractivity contribution in [1.82, 2.24) is 14.9 Å². The van der Waals surface area contributed by atoms with Crippen molar-refractivity contribution in [2.45, 2.75) is 26.3 Å². The summed E-state index contributed by atoms with van der Waals surface area (Å²) < 4.78 is 2.12. The summed E-state index contributed by atoms with van der Waals surface area (Å²) >= 11 is 0. The molecule has 0 bridgehead atoms. The first-order valence-corrected chi connectivity index (χ1v) is 6.64. The van der Waals surface area contributed by atoms with Gasteiger partial charge in [0.2, 0.25) is 5.91 Å². The Morgan fingerprint density at radius 1 is 1.32 bits per heavy atom. The number of benzene rings is 1. The quantitative estimate of drug-likeness (QED) is 0.808. The maximum Gasteiger partial charge on any atom is 0.219 e. The average molecular weight is 257 g/mol. The van der Waals surface area contributed by atoms with E-state index in [1.54, 1.807) is 0 Å². The smallest absolute Gasteiger partial charge is 0.219 e. The van der Waals surface area contributed by atoms with Crippen molar-refractivity contribution in [3.63, 3.8) is 0 Å². The van der Waals surface area contributed by atoms with Crippen molar-refractivity contribution in [2.24, 2.45) is 0 Å². The van der Waals surface area contributed by atoms with E-state index in [9.17, 15) is 4.79 Å². The molecule has 0 atom stereocenters. The van der Waals surface area contributed by atoms with E-state index in [-0.39, 0.29) is 5.91 Å². The molecular formula is C15H19N3O. The summed E-state index contributed by atoms with van der Waals surface area (Å²) in [6.45, 7) is 3.42. The van der Waals surface area contributed by atoms with Crippen LogP contribution in [-0.2, 0) is 11.3 Å². The predicted molar refractivity (Wildman–Crippen MR) is 75.6 cm³/mol. The third kappa shape index (κ3) is 3.68. The van der Waals surface area contributed by atoms with E-state index in [0.29, 0.717) is 13.0 Å². The number of nitrogens with one attached hydrogen (secondary N) is 1. The van der Waals surface area contributed by atoms with Gasteiger partial charge >= 0.3 is 0 Å². The Hall–Kier alpha value is -2.10. The maximum absolute atomic E-state index is 11.1. The van der Waals surface area contributed by atoms with Crippen LogP contribution in [0.25, 0.3) is 11.4 Å². The first-order valence-electron chi connectivity index (χ1n) is 6.64. The summed E-state index contributed by atoms with van der Waals surface area (Å²) in [5, 5.41) is 2.88. The van der Waals surface area contributed by atoms with Gasteiger partial charge in [0.1, 0.15) is 5.82 Å². The topological polar surface area (TPSA) is 46.9 Å². The summed E-state index contributed by atoms with van der Waals surface area (Å²) in [5.74, 6) is 1.08. The van der Waals surface area contributed by atoms with Gasteiger partial charge in [-0.2, -0.15) is 0 Å². The van der Waals surface area contributed by atoms with Gasteiger partial charge in [0.15, 0.2) is 0 Å². The van der Waals surface area contributed by atoms with E-state index in [1.807, 2.05) is 37.5 Å². The largest absolute Gasteiger partial charge is 0.356 e. The minimum Gasteiger partial charge on any atom is -0.356 e. The Balaban J connectivity index is 1.92. The van der Waals surface area contributed by atoms with Gasteiger partial charge in [-0.15, -0.1) is 0 Å². The second kappa shape index (κ2) is 6.73. The van der Waals surface area contributed by atoms with E-state index in [1.165, 1.54) is 0 Å². The number of imidazole rings is 1. The lowest BCUT2D eigenvalue weighted by Crippen LogP contribution is -2.24. The molecule has 19 heavy (non-hydrogen) atoms. The van der Waals surface area contributed by atoms with Crippen LogP contribution in [0.1, 0.15) is 19.8 Å². The van der Waals surface area contributed by atoms with E-state index in [2.05, 4.69) is 27.0 Å². The minimum atomic E-state index is 0.105. The molecule has 0 saturated heterocycles. The highest BCUT2D eigenvalue weighted by Crippen LogP contribution is 2.16. The molecule has 100 valence electrons. The molecule has 4 nitrogen and oxygen atoms in total. The Bertz CT molecular complexity index is 519.